The number of nitrogens with one attached hydrogen (secondary N) is 1. The van der Waals surface area contributed by atoms with Gasteiger partial charge in [-0.1, -0.05) is 0 Å². The molecule has 4 rings (SSSR count). The van der Waals surface area contributed by atoms with Gasteiger partial charge in [-0.3, -0.25) is 9.69 Å². The van der Waals surface area contributed by atoms with Crippen molar-refractivity contribution >= 4 is 21.9 Å². The maximum atomic E-state index is 13.3. The largest absolute Gasteiger partial charge is 0.468 e. The quantitative estimate of drug-likeness (QED) is 0.698. The average molecular weight is 425 g/mol. The third-order valence-corrected chi connectivity index (χ3v) is 6.34. The highest BCUT2D eigenvalue weighted by Crippen LogP contribution is 2.34. The van der Waals surface area contributed by atoms with E-state index in [1.165, 1.54) is 18.2 Å². The van der Waals surface area contributed by atoms with E-state index in [1.54, 1.807) is 10.6 Å². The number of aromatic amines is 1. The van der Waals surface area contributed by atoms with Gasteiger partial charge in [0.1, 0.15) is 16.7 Å². The van der Waals surface area contributed by atoms with Crippen LogP contribution in [-0.2, 0) is 23.7 Å². The van der Waals surface area contributed by atoms with Crippen molar-refractivity contribution in [1.29, 1.82) is 0 Å². The number of furan rings is 1. The lowest BCUT2D eigenvalue weighted by Crippen LogP contribution is -2.46. The van der Waals surface area contributed by atoms with Crippen molar-refractivity contribution in [3.05, 3.63) is 64.3 Å². The molecule has 2 aromatic heterocycles. The van der Waals surface area contributed by atoms with Crippen molar-refractivity contribution in [3.8, 4) is 0 Å². The number of fused-ring (bicyclic) bond motifs is 1. The van der Waals surface area contributed by atoms with Crippen LogP contribution in [0.15, 0.2) is 56.8 Å². The molecule has 0 spiro atoms. The zero-order valence-electron chi connectivity index (χ0n) is 15.2. The highest BCUT2D eigenvalue weighted by atomic mass is 32.2. The normalized spacial score (nSPS) is 17.6. The second kappa shape index (κ2) is 7.77. The van der Waals surface area contributed by atoms with Crippen LogP contribution < -0.4 is 5.56 Å². The molecular weight excluding hydrogens is 407 g/mol. The maximum absolute atomic E-state index is 13.3. The van der Waals surface area contributed by atoms with E-state index in [-0.39, 0.29) is 15.8 Å². The van der Waals surface area contributed by atoms with E-state index >= 15 is 0 Å². The molecule has 3 heterocycles. The van der Waals surface area contributed by atoms with Gasteiger partial charge in [-0.05, 0) is 30.3 Å². The highest BCUT2D eigenvalue weighted by Gasteiger charge is 2.33. The summed E-state index contributed by atoms with van der Waals surface area (Å²) in [7, 11) is -1.60. The standard InChI is InChI=1S/C19H18F3N3O3S/c20-19(21,22)16-11-18(26)23-17-4-3-14(10-15(16)17)29(27)25-7-5-24(6-8-25)12-13-2-1-9-28-13/h1-4,9-11H,5-8,12H2,(H,23,26). The summed E-state index contributed by atoms with van der Waals surface area (Å²) in [6.45, 7) is 3.03. The van der Waals surface area contributed by atoms with Gasteiger partial charge in [0.2, 0.25) is 5.56 Å². The number of hydrogen-bond acceptors (Lipinski definition) is 4. The van der Waals surface area contributed by atoms with E-state index in [1.807, 2.05) is 12.1 Å². The third kappa shape index (κ3) is 4.29. The Hall–Kier alpha value is -2.43. The summed E-state index contributed by atoms with van der Waals surface area (Å²) in [5.74, 6) is 0.850. The number of alkyl halides is 3. The van der Waals surface area contributed by atoms with Gasteiger partial charge in [0.15, 0.2) is 0 Å². The second-order valence-electron chi connectivity index (χ2n) is 6.79. The first-order valence-corrected chi connectivity index (χ1v) is 10.1. The Bertz CT molecular complexity index is 1090. The van der Waals surface area contributed by atoms with E-state index < -0.39 is 28.3 Å². The molecule has 1 aromatic carbocycles. The van der Waals surface area contributed by atoms with Crippen LogP contribution in [0.1, 0.15) is 11.3 Å². The molecule has 10 heteroatoms. The lowest BCUT2D eigenvalue weighted by Gasteiger charge is -2.33. The van der Waals surface area contributed by atoms with Crippen LogP contribution in [0.2, 0.25) is 0 Å². The van der Waals surface area contributed by atoms with Crippen molar-refractivity contribution in [1.82, 2.24) is 14.2 Å². The van der Waals surface area contributed by atoms with Gasteiger partial charge < -0.3 is 9.40 Å². The topological polar surface area (TPSA) is 69.6 Å². The van der Waals surface area contributed by atoms with Crippen molar-refractivity contribution in [2.75, 3.05) is 26.2 Å². The number of nitrogens with zero attached hydrogens (tertiary/aromatic N) is 2. The zero-order valence-corrected chi connectivity index (χ0v) is 16.1. The SMILES string of the molecule is O=c1cc(C(F)(F)F)c2cc(S(=O)N3CCN(Cc4ccco4)CC3)ccc2[nH]1. The summed E-state index contributed by atoms with van der Waals surface area (Å²) in [4.78, 5) is 16.4. The first kappa shape index (κ1) is 19.9. The molecule has 1 unspecified atom stereocenters. The van der Waals surface area contributed by atoms with Gasteiger partial charge in [0.25, 0.3) is 0 Å². The van der Waals surface area contributed by atoms with Crippen molar-refractivity contribution in [3.63, 3.8) is 0 Å². The Morgan fingerprint density at radius 1 is 1.10 bits per heavy atom. The number of hydrogen-bond donors (Lipinski definition) is 1. The minimum absolute atomic E-state index is 0.0637. The van der Waals surface area contributed by atoms with Gasteiger partial charge in [0, 0.05) is 43.1 Å². The second-order valence-corrected chi connectivity index (χ2v) is 8.27. The van der Waals surface area contributed by atoms with Crippen LogP contribution >= 0.6 is 0 Å². The number of benzene rings is 1. The molecule has 154 valence electrons. The average Bonchev–Trinajstić information content (AvgIpc) is 3.19. The number of rotatable bonds is 4. The molecule has 6 nitrogen and oxygen atoms in total. The summed E-state index contributed by atoms with van der Waals surface area (Å²) in [5.41, 5.74) is -1.79. The fraction of sp³-hybridized carbons (Fsp3) is 0.316. The number of aromatic nitrogens is 1. The van der Waals surface area contributed by atoms with Gasteiger partial charge in [-0.15, -0.1) is 0 Å². The highest BCUT2D eigenvalue weighted by molar-refractivity contribution is 7.82. The van der Waals surface area contributed by atoms with E-state index in [2.05, 4.69) is 9.88 Å². The van der Waals surface area contributed by atoms with Crippen LogP contribution in [0.4, 0.5) is 13.2 Å². The van der Waals surface area contributed by atoms with E-state index in [0.717, 1.165) is 5.76 Å². The summed E-state index contributed by atoms with van der Waals surface area (Å²) < 4.78 is 60.0. The Kier molecular flexibility index (Phi) is 5.32. The van der Waals surface area contributed by atoms with E-state index in [0.29, 0.717) is 38.8 Å². The third-order valence-electron chi connectivity index (χ3n) is 4.85. The summed E-state index contributed by atoms with van der Waals surface area (Å²) in [6, 6.07) is 8.35. The fourth-order valence-corrected chi connectivity index (χ4v) is 4.60. The predicted molar refractivity (Wildman–Crippen MR) is 102 cm³/mol. The predicted octanol–water partition coefficient (Wildman–Crippen LogP) is 2.98. The molecular formula is C19H18F3N3O3S. The minimum atomic E-state index is -4.68. The molecule has 1 aliphatic heterocycles. The monoisotopic (exact) mass is 425 g/mol. The zero-order chi connectivity index (χ0) is 20.6. The van der Waals surface area contributed by atoms with Crippen molar-refractivity contribution in [2.24, 2.45) is 0 Å². The van der Waals surface area contributed by atoms with Gasteiger partial charge in [-0.25, -0.2) is 8.51 Å². The van der Waals surface area contributed by atoms with Crippen LogP contribution in [-0.4, -0.2) is 44.6 Å². The first-order valence-electron chi connectivity index (χ1n) is 8.97. The Morgan fingerprint density at radius 2 is 1.86 bits per heavy atom. The minimum Gasteiger partial charge on any atom is -0.468 e. The van der Waals surface area contributed by atoms with Crippen molar-refractivity contribution < 1.29 is 21.8 Å². The molecule has 0 bridgehead atoms. The maximum Gasteiger partial charge on any atom is 0.417 e. The molecule has 0 radical (unpaired) electrons. The van der Waals surface area contributed by atoms with Crippen LogP contribution in [0, 0.1) is 0 Å². The number of H-pyrrole nitrogens is 1. The molecule has 0 amide bonds. The molecule has 29 heavy (non-hydrogen) atoms. The first-order chi connectivity index (χ1) is 13.8. The smallest absolute Gasteiger partial charge is 0.417 e. The molecule has 1 aliphatic rings. The van der Waals surface area contributed by atoms with E-state index in [9.17, 15) is 22.2 Å². The summed E-state index contributed by atoms with van der Waals surface area (Å²) in [5, 5.41) is -0.167. The van der Waals surface area contributed by atoms with Crippen LogP contribution in [0.3, 0.4) is 0 Å². The van der Waals surface area contributed by atoms with Gasteiger partial charge >= 0.3 is 6.18 Å². The molecule has 1 saturated heterocycles. The Balaban J connectivity index is 1.53. The lowest BCUT2D eigenvalue weighted by atomic mass is 10.1. The van der Waals surface area contributed by atoms with Crippen molar-refractivity contribution in [2.45, 2.75) is 17.6 Å². The molecule has 1 fully saturated rings. The Morgan fingerprint density at radius 3 is 2.52 bits per heavy atom. The van der Waals surface area contributed by atoms with Crippen LogP contribution in [0.25, 0.3) is 10.9 Å². The van der Waals surface area contributed by atoms with E-state index in [4.69, 9.17) is 4.42 Å². The van der Waals surface area contributed by atoms with Crippen LogP contribution in [0.5, 0.6) is 0 Å². The summed E-state index contributed by atoms with van der Waals surface area (Å²) >= 11 is 0. The fourth-order valence-electron chi connectivity index (χ4n) is 3.40. The Labute approximate surface area is 166 Å². The molecule has 0 aliphatic carbocycles. The number of halogens is 3. The number of piperazine rings is 1. The molecule has 1 N–H and O–H groups in total. The van der Waals surface area contributed by atoms with Gasteiger partial charge in [0.05, 0.1) is 23.3 Å². The molecule has 0 saturated carbocycles. The summed E-state index contributed by atoms with van der Waals surface area (Å²) in [6.07, 6.45) is -3.06. The molecule has 3 aromatic rings. The number of pyridine rings is 1. The van der Waals surface area contributed by atoms with Gasteiger partial charge in [-0.2, -0.15) is 13.2 Å². The lowest BCUT2D eigenvalue weighted by molar-refractivity contribution is -0.136. The molecule has 1 atom stereocenters.